The van der Waals surface area contributed by atoms with Gasteiger partial charge >= 0.3 is 12.1 Å². The van der Waals surface area contributed by atoms with Gasteiger partial charge in [0.1, 0.15) is 5.75 Å². The third-order valence-corrected chi connectivity index (χ3v) is 5.03. The molecule has 1 amide bonds. The van der Waals surface area contributed by atoms with Gasteiger partial charge in [0.05, 0.1) is 5.71 Å². The predicted molar refractivity (Wildman–Crippen MR) is 102 cm³/mol. The topological polar surface area (TPSA) is 62.1 Å². The fraction of sp³-hybridized carbons (Fsp3) is 0.333. The molecule has 0 fully saturated rings. The van der Waals surface area contributed by atoms with Crippen LogP contribution in [0.2, 0.25) is 0 Å². The van der Waals surface area contributed by atoms with Crippen LogP contribution in [0.1, 0.15) is 23.1 Å². The quantitative estimate of drug-likeness (QED) is 0.706. The highest BCUT2D eigenvalue weighted by Crippen LogP contribution is 2.49. The Kier molecular flexibility index (Phi) is 5.79. The van der Waals surface area contributed by atoms with E-state index in [2.05, 4.69) is 5.10 Å². The average Bonchev–Trinajstić information content (AvgIpc) is 3.08. The van der Waals surface area contributed by atoms with Gasteiger partial charge in [0.15, 0.2) is 6.61 Å². The van der Waals surface area contributed by atoms with E-state index in [4.69, 9.17) is 4.74 Å². The molecule has 31 heavy (non-hydrogen) atoms. The maximum atomic E-state index is 14.3. The van der Waals surface area contributed by atoms with E-state index in [9.17, 15) is 31.9 Å². The number of hydrogen-bond donors (Lipinski definition) is 1. The third-order valence-electron chi connectivity index (χ3n) is 5.03. The van der Waals surface area contributed by atoms with Crippen molar-refractivity contribution in [3.05, 3.63) is 65.2 Å². The summed E-state index contributed by atoms with van der Waals surface area (Å²) in [5.41, 5.74) is -2.25. The van der Waals surface area contributed by atoms with Gasteiger partial charge in [-0.1, -0.05) is 36.4 Å². The molecule has 1 N–H and O–H groups in total. The van der Waals surface area contributed by atoms with Crippen LogP contribution in [0.5, 0.6) is 5.75 Å². The Bertz CT molecular complexity index is 1010. The number of nitrogens with zero attached hydrogens (tertiary/aromatic N) is 2. The Hall–Kier alpha value is -3.01. The van der Waals surface area contributed by atoms with E-state index in [0.717, 1.165) is 11.1 Å². The second-order valence-corrected chi connectivity index (χ2v) is 7.22. The monoisotopic (exact) mass is 442 g/mol. The molecule has 1 heterocycles. The number of ether oxygens (including phenoxy) is 1. The fourth-order valence-corrected chi connectivity index (χ4v) is 3.08. The third kappa shape index (κ3) is 4.12. The SMILES string of the molecule is Cc1ccc(OCC(=O)N2N=C(c3ccccc3)C[C@]2(O)C(F)(F)C(F)(F)F)cc1C. The normalized spacial score (nSPS) is 19.4. The van der Waals surface area contributed by atoms with Crippen LogP contribution in [0, 0.1) is 13.8 Å². The van der Waals surface area contributed by atoms with E-state index in [1.54, 1.807) is 25.1 Å². The summed E-state index contributed by atoms with van der Waals surface area (Å²) in [6.07, 6.45) is -7.32. The number of rotatable bonds is 5. The van der Waals surface area contributed by atoms with Crippen LogP contribution in [0.4, 0.5) is 22.0 Å². The molecule has 0 saturated heterocycles. The van der Waals surface area contributed by atoms with E-state index in [0.29, 0.717) is 0 Å². The van der Waals surface area contributed by atoms with Crippen molar-refractivity contribution >= 4 is 11.6 Å². The van der Waals surface area contributed by atoms with E-state index >= 15 is 0 Å². The number of aliphatic hydroxyl groups is 1. The highest BCUT2D eigenvalue weighted by atomic mass is 19.4. The number of halogens is 5. The van der Waals surface area contributed by atoms with E-state index in [1.165, 1.54) is 30.3 Å². The summed E-state index contributed by atoms with van der Waals surface area (Å²) < 4.78 is 73.1. The number of carbonyl (C=O) groups is 1. The fourth-order valence-electron chi connectivity index (χ4n) is 3.08. The Morgan fingerprint density at radius 3 is 2.32 bits per heavy atom. The lowest BCUT2D eigenvalue weighted by Gasteiger charge is -2.37. The van der Waals surface area contributed by atoms with Gasteiger partial charge in [0.2, 0.25) is 5.72 Å². The van der Waals surface area contributed by atoms with Crippen LogP contribution in [0.15, 0.2) is 53.6 Å². The molecule has 0 spiro atoms. The summed E-state index contributed by atoms with van der Waals surface area (Å²) in [5.74, 6) is -6.78. The molecule has 0 saturated carbocycles. The van der Waals surface area contributed by atoms with Crippen LogP contribution in [-0.4, -0.2) is 46.2 Å². The average molecular weight is 442 g/mol. The van der Waals surface area contributed by atoms with E-state index < -0.39 is 36.8 Å². The van der Waals surface area contributed by atoms with Crippen molar-refractivity contribution in [1.82, 2.24) is 5.01 Å². The zero-order chi connectivity index (χ0) is 23.0. The lowest BCUT2D eigenvalue weighted by atomic mass is 9.95. The van der Waals surface area contributed by atoms with Gasteiger partial charge in [-0.3, -0.25) is 4.79 Å². The van der Waals surface area contributed by atoms with Crippen LogP contribution in [-0.2, 0) is 4.79 Å². The number of amides is 1. The largest absolute Gasteiger partial charge is 0.484 e. The second-order valence-electron chi connectivity index (χ2n) is 7.22. The molecule has 0 aromatic heterocycles. The Morgan fingerprint density at radius 1 is 1.10 bits per heavy atom. The minimum Gasteiger partial charge on any atom is -0.484 e. The van der Waals surface area contributed by atoms with Crippen molar-refractivity contribution in [3.63, 3.8) is 0 Å². The smallest absolute Gasteiger partial charge is 0.458 e. The minimum absolute atomic E-state index is 0.198. The number of benzene rings is 2. The first-order valence-corrected chi connectivity index (χ1v) is 9.20. The molecule has 5 nitrogen and oxygen atoms in total. The van der Waals surface area contributed by atoms with Crippen molar-refractivity contribution in [2.75, 3.05) is 6.61 Å². The van der Waals surface area contributed by atoms with Crippen molar-refractivity contribution in [3.8, 4) is 5.75 Å². The molecule has 1 atom stereocenters. The minimum atomic E-state index is -6.11. The molecule has 1 aliphatic heterocycles. The van der Waals surface area contributed by atoms with Crippen molar-refractivity contribution < 1.29 is 36.6 Å². The Labute approximate surface area is 174 Å². The molecule has 0 radical (unpaired) electrons. The van der Waals surface area contributed by atoms with Gasteiger partial charge < -0.3 is 9.84 Å². The van der Waals surface area contributed by atoms with Gasteiger partial charge in [0, 0.05) is 6.42 Å². The number of hydrogen-bond acceptors (Lipinski definition) is 4. The molecule has 10 heteroatoms. The molecule has 166 valence electrons. The number of aryl methyl sites for hydroxylation is 2. The number of alkyl halides is 5. The van der Waals surface area contributed by atoms with Gasteiger partial charge in [-0.25, -0.2) is 0 Å². The summed E-state index contributed by atoms with van der Waals surface area (Å²) in [5, 5.41) is 13.9. The molecule has 1 aliphatic rings. The van der Waals surface area contributed by atoms with Crippen molar-refractivity contribution in [1.29, 1.82) is 0 Å². The second kappa shape index (κ2) is 7.92. The number of hydrazone groups is 1. The van der Waals surface area contributed by atoms with Crippen LogP contribution in [0.25, 0.3) is 0 Å². The molecular weight excluding hydrogens is 423 g/mol. The molecular formula is C21H19F5N2O3. The number of carbonyl (C=O) groups excluding carboxylic acids is 1. The van der Waals surface area contributed by atoms with Crippen LogP contribution >= 0.6 is 0 Å². The summed E-state index contributed by atoms with van der Waals surface area (Å²) in [7, 11) is 0. The lowest BCUT2D eigenvalue weighted by Crippen LogP contribution is -2.65. The van der Waals surface area contributed by atoms with Crippen molar-refractivity contribution in [2.24, 2.45) is 5.10 Å². The van der Waals surface area contributed by atoms with E-state index in [-0.39, 0.29) is 22.0 Å². The maximum Gasteiger partial charge on any atom is 0.458 e. The first kappa shape index (κ1) is 22.7. The zero-order valence-corrected chi connectivity index (χ0v) is 16.6. The summed E-state index contributed by atoms with van der Waals surface area (Å²) in [6.45, 7) is 2.72. The van der Waals surface area contributed by atoms with Crippen LogP contribution in [0.3, 0.4) is 0 Å². The molecule has 2 aromatic carbocycles. The first-order chi connectivity index (χ1) is 14.4. The first-order valence-electron chi connectivity index (χ1n) is 9.20. The Balaban J connectivity index is 1.92. The van der Waals surface area contributed by atoms with Gasteiger partial charge in [-0.2, -0.15) is 32.1 Å². The zero-order valence-electron chi connectivity index (χ0n) is 16.6. The standard InChI is InChI=1S/C21H19F5N2O3/c1-13-8-9-16(10-14(13)2)31-12-18(29)28-19(30,20(22,23)21(24,25)26)11-17(27-28)15-6-4-3-5-7-15/h3-10,30H,11-12H2,1-2H3/t19-/m0/s1. The highest BCUT2D eigenvalue weighted by Gasteiger charge is 2.75. The summed E-state index contributed by atoms with van der Waals surface area (Å²) in [6, 6.07) is 12.3. The predicted octanol–water partition coefficient (Wildman–Crippen LogP) is 4.21. The molecule has 0 unspecified atom stereocenters. The summed E-state index contributed by atoms with van der Waals surface area (Å²) >= 11 is 0. The summed E-state index contributed by atoms with van der Waals surface area (Å²) in [4.78, 5) is 12.6. The molecule has 0 aliphatic carbocycles. The Morgan fingerprint density at radius 2 is 1.74 bits per heavy atom. The highest BCUT2D eigenvalue weighted by molar-refractivity contribution is 6.03. The van der Waals surface area contributed by atoms with Gasteiger partial charge in [-0.15, -0.1) is 0 Å². The molecule has 2 aromatic rings. The van der Waals surface area contributed by atoms with Gasteiger partial charge in [-0.05, 0) is 42.7 Å². The lowest BCUT2D eigenvalue weighted by molar-refractivity contribution is -0.363. The maximum absolute atomic E-state index is 14.3. The molecule has 0 bridgehead atoms. The van der Waals surface area contributed by atoms with Crippen molar-refractivity contribution in [2.45, 2.75) is 38.1 Å². The van der Waals surface area contributed by atoms with Crippen LogP contribution < -0.4 is 4.74 Å². The van der Waals surface area contributed by atoms with Gasteiger partial charge in [0.25, 0.3) is 5.91 Å². The van der Waals surface area contributed by atoms with E-state index in [1.807, 2.05) is 6.92 Å². The molecule has 3 rings (SSSR count).